The summed E-state index contributed by atoms with van der Waals surface area (Å²) in [6, 6.07) is 19.2. The van der Waals surface area contributed by atoms with Gasteiger partial charge in [-0.2, -0.15) is 0 Å². The van der Waals surface area contributed by atoms with Crippen LogP contribution in [0, 0.1) is 0 Å². The lowest BCUT2D eigenvalue weighted by atomic mass is 9.98. The molecule has 0 bridgehead atoms. The van der Waals surface area contributed by atoms with Crippen molar-refractivity contribution >= 4 is 18.4 Å². The molecule has 0 spiro atoms. The maximum atomic E-state index is 11.5. The Bertz CT molecular complexity index is 728. The molecule has 1 saturated heterocycles. The van der Waals surface area contributed by atoms with Crippen LogP contribution in [0.25, 0.3) is 0 Å². The minimum absolute atomic E-state index is 0. The van der Waals surface area contributed by atoms with Crippen LogP contribution in [-0.4, -0.2) is 30.2 Å². The van der Waals surface area contributed by atoms with Crippen molar-refractivity contribution in [2.75, 3.05) is 13.1 Å². The third-order valence-electron chi connectivity index (χ3n) is 5.17. The van der Waals surface area contributed by atoms with Gasteiger partial charge in [0.25, 0.3) is 0 Å². The number of nitrogens with zero attached hydrogens (tertiary/aromatic N) is 1. The minimum Gasteiger partial charge on any atom is -0.368 e. The van der Waals surface area contributed by atoms with E-state index in [1.807, 2.05) is 13.0 Å². The average Bonchev–Trinajstić information content (AvgIpc) is 2.74. The predicted molar refractivity (Wildman–Crippen MR) is 118 cm³/mol. The van der Waals surface area contributed by atoms with E-state index in [4.69, 9.17) is 9.57 Å². The molecule has 5 heteroatoms. The molecule has 1 heterocycles. The van der Waals surface area contributed by atoms with Gasteiger partial charge in [0.15, 0.2) is 0 Å². The number of hydrogen-bond donors (Lipinski definition) is 0. The molecule has 0 radical (unpaired) electrons. The fourth-order valence-corrected chi connectivity index (χ4v) is 3.59. The predicted octanol–water partition coefficient (Wildman–Crippen LogP) is 5.50. The fourth-order valence-electron chi connectivity index (χ4n) is 3.59. The fraction of sp³-hybridized carbons (Fsp3) is 0.458. The molecule has 2 aromatic carbocycles. The van der Waals surface area contributed by atoms with Crippen molar-refractivity contribution in [1.29, 1.82) is 0 Å². The first-order valence-corrected chi connectivity index (χ1v) is 10.4. The summed E-state index contributed by atoms with van der Waals surface area (Å²) in [5, 5.41) is 1.77. The molecule has 3 rings (SSSR count). The van der Waals surface area contributed by atoms with E-state index in [0.29, 0.717) is 19.5 Å². The van der Waals surface area contributed by atoms with Crippen LogP contribution in [0.1, 0.15) is 62.3 Å². The first kappa shape index (κ1) is 23.4. The topological polar surface area (TPSA) is 38.8 Å². The molecule has 1 aliphatic heterocycles. The van der Waals surface area contributed by atoms with E-state index in [9.17, 15) is 4.79 Å². The largest absolute Gasteiger partial charge is 0.368 e. The van der Waals surface area contributed by atoms with E-state index in [0.717, 1.165) is 25.7 Å². The molecule has 1 atom stereocenters. The molecule has 4 nitrogen and oxygen atoms in total. The Kier molecular flexibility index (Phi) is 9.65. The van der Waals surface area contributed by atoms with Crippen LogP contribution >= 0.6 is 12.4 Å². The van der Waals surface area contributed by atoms with Gasteiger partial charge in [-0.1, -0.05) is 74.9 Å². The highest BCUT2D eigenvalue weighted by atomic mass is 35.5. The molecule has 0 amide bonds. The lowest BCUT2D eigenvalue weighted by Crippen LogP contribution is -2.38. The maximum Gasteiger partial charge on any atom is 0.324 e. The first-order chi connectivity index (χ1) is 13.7. The third-order valence-corrected chi connectivity index (χ3v) is 5.17. The number of aryl methyl sites for hydroxylation is 1. The number of halogens is 1. The number of carbonyl (C=O) groups excluding carboxylic acids is 1. The quantitative estimate of drug-likeness (QED) is 0.568. The molecule has 1 aliphatic rings. The zero-order valence-electron chi connectivity index (χ0n) is 17.4. The number of ether oxygens (including phenoxy) is 1. The number of piperidine rings is 1. The highest BCUT2D eigenvalue weighted by molar-refractivity contribution is 5.85. The second-order valence-corrected chi connectivity index (χ2v) is 7.36. The summed E-state index contributed by atoms with van der Waals surface area (Å²) in [6.07, 6.45) is 4.44. The normalized spacial score (nSPS) is 16.1. The van der Waals surface area contributed by atoms with Crippen molar-refractivity contribution in [1.82, 2.24) is 5.06 Å². The Hall–Kier alpha value is -1.88. The maximum absolute atomic E-state index is 11.5. The zero-order chi connectivity index (χ0) is 19.8. The highest BCUT2D eigenvalue weighted by Gasteiger charge is 2.26. The lowest BCUT2D eigenvalue weighted by molar-refractivity contribution is -0.201. The molecule has 0 saturated carbocycles. The van der Waals surface area contributed by atoms with Crippen molar-refractivity contribution in [3.63, 3.8) is 0 Å². The second kappa shape index (κ2) is 12.0. The summed E-state index contributed by atoms with van der Waals surface area (Å²) in [5.41, 5.74) is 3.72. The van der Waals surface area contributed by atoms with Crippen molar-refractivity contribution < 1.29 is 14.4 Å². The van der Waals surface area contributed by atoms with Crippen LogP contribution in [0.4, 0.5) is 0 Å². The van der Waals surface area contributed by atoms with Gasteiger partial charge in [0.05, 0.1) is 6.10 Å². The van der Waals surface area contributed by atoms with Gasteiger partial charge in [-0.15, -0.1) is 17.5 Å². The lowest BCUT2D eigenvalue weighted by Gasteiger charge is -2.33. The summed E-state index contributed by atoms with van der Waals surface area (Å²) in [5.74, 6) is -0.173. The molecule has 158 valence electrons. The highest BCUT2D eigenvalue weighted by Crippen LogP contribution is 2.30. The van der Waals surface area contributed by atoms with Crippen LogP contribution in [0.5, 0.6) is 0 Å². The SMILES string of the molecule is CCCc1ccc(C(OC2CCN(OC(=O)CC)CC2)c2ccccc2)cc1.Cl. The van der Waals surface area contributed by atoms with Crippen molar-refractivity contribution in [2.45, 2.75) is 58.2 Å². The van der Waals surface area contributed by atoms with E-state index >= 15 is 0 Å². The van der Waals surface area contributed by atoms with E-state index in [1.165, 1.54) is 16.7 Å². The van der Waals surface area contributed by atoms with E-state index < -0.39 is 0 Å². The van der Waals surface area contributed by atoms with E-state index in [2.05, 4.69) is 55.5 Å². The van der Waals surface area contributed by atoms with Gasteiger partial charge in [-0.05, 0) is 36.0 Å². The Balaban J connectivity index is 0.00000300. The molecule has 0 aliphatic carbocycles. The van der Waals surface area contributed by atoms with E-state index in [1.54, 1.807) is 5.06 Å². The number of carbonyl (C=O) groups is 1. The van der Waals surface area contributed by atoms with Crippen LogP contribution in [0.3, 0.4) is 0 Å². The van der Waals surface area contributed by atoms with Gasteiger partial charge >= 0.3 is 5.97 Å². The molecular formula is C24H32ClNO3. The summed E-state index contributed by atoms with van der Waals surface area (Å²) < 4.78 is 6.58. The number of rotatable bonds is 8. The molecule has 1 unspecified atom stereocenters. The Labute approximate surface area is 180 Å². The molecule has 0 aromatic heterocycles. The van der Waals surface area contributed by atoms with Gasteiger partial charge in [-0.25, -0.2) is 0 Å². The minimum atomic E-state index is -0.173. The van der Waals surface area contributed by atoms with Gasteiger partial charge < -0.3 is 9.57 Å². The summed E-state index contributed by atoms with van der Waals surface area (Å²) >= 11 is 0. The molecular weight excluding hydrogens is 386 g/mol. The molecule has 29 heavy (non-hydrogen) atoms. The monoisotopic (exact) mass is 417 g/mol. The Morgan fingerprint density at radius 3 is 2.21 bits per heavy atom. The van der Waals surface area contributed by atoms with Gasteiger partial charge in [0.2, 0.25) is 0 Å². The average molecular weight is 418 g/mol. The van der Waals surface area contributed by atoms with Crippen LogP contribution in [-0.2, 0) is 20.8 Å². The van der Waals surface area contributed by atoms with Crippen LogP contribution < -0.4 is 0 Å². The van der Waals surface area contributed by atoms with Gasteiger partial charge in [0, 0.05) is 19.5 Å². The number of benzene rings is 2. The van der Waals surface area contributed by atoms with Crippen LogP contribution in [0.15, 0.2) is 54.6 Å². The van der Waals surface area contributed by atoms with Crippen molar-refractivity contribution in [3.05, 3.63) is 71.3 Å². The first-order valence-electron chi connectivity index (χ1n) is 10.4. The van der Waals surface area contributed by atoms with Crippen molar-refractivity contribution in [3.8, 4) is 0 Å². The molecule has 0 N–H and O–H groups in total. The van der Waals surface area contributed by atoms with Gasteiger partial charge in [-0.3, -0.25) is 4.79 Å². The molecule has 1 fully saturated rings. The van der Waals surface area contributed by atoms with Crippen LogP contribution in [0.2, 0.25) is 0 Å². The summed E-state index contributed by atoms with van der Waals surface area (Å²) in [6.45, 7) is 5.45. The molecule has 2 aromatic rings. The third kappa shape index (κ3) is 6.84. The number of hydrogen-bond acceptors (Lipinski definition) is 4. The Morgan fingerprint density at radius 2 is 1.62 bits per heavy atom. The smallest absolute Gasteiger partial charge is 0.324 e. The van der Waals surface area contributed by atoms with E-state index in [-0.39, 0.29) is 30.6 Å². The zero-order valence-corrected chi connectivity index (χ0v) is 18.2. The summed E-state index contributed by atoms with van der Waals surface area (Å²) in [7, 11) is 0. The number of hydroxylamine groups is 2. The summed E-state index contributed by atoms with van der Waals surface area (Å²) in [4.78, 5) is 16.8. The standard InChI is InChI=1S/C24H31NO3.ClH/c1-3-8-19-11-13-21(14-12-19)24(20-9-6-5-7-10-20)27-22-15-17-25(18-16-22)28-23(26)4-2;/h5-7,9-14,22,24H,3-4,8,15-18H2,1-2H3;1H. The Morgan fingerprint density at radius 1 is 1.00 bits per heavy atom. The second-order valence-electron chi connectivity index (χ2n) is 7.36. The van der Waals surface area contributed by atoms with Crippen molar-refractivity contribution in [2.24, 2.45) is 0 Å². The van der Waals surface area contributed by atoms with Gasteiger partial charge in [0.1, 0.15) is 6.10 Å².